The number of benzene rings is 1. The number of anilines is 1. The minimum Gasteiger partial charge on any atom is -0.271 e. The highest BCUT2D eigenvalue weighted by Crippen LogP contribution is 2.14. The SMILES string of the molecule is O=S(=O)(Cc1ccccc1)Nc1cnns1. The number of nitrogens with zero attached hydrogens (tertiary/aromatic N) is 2. The van der Waals surface area contributed by atoms with Gasteiger partial charge >= 0.3 is 0 Å². The molecule has 16 heavy (non-hydrogen) atoms. The average Bonchev–Trinajstić information content (AvgIpc) is 2.70. The average molecular weight is 255 g/mol. The summed E-state index contributed by atoms with van der Waals surface area (Å²) in [4.78, 5) is 0. The molecule has 2 aromatic rings. The van der Waals surface area contributed by atoms with Gasteiger partial charge in [0, 0.05) is 11.5 Å². The van der Waals surface area contributed by atoms with Gasteiger partial charge in [0.05, 0.1) is 11.9 Å². The first-order valence-electron chi connectivity index (χ1n) is 4.47. The van der Waals surface area contributed by atoms with E-state index >= 15 is 0 Å². The third kappa shape index (κ3) is 3.01. The molecule has 0 saturated carbocycles. The topological polar surface area (TPSA) is 72.0 Å². The summed E-state index contributed by atoms with van der Waals surface area (Å²) < 4.78 is 29.4. The molecule has 0 amide bonds. The predicted octanol–water partition coefficient (Wildman–Crippen LogP) is 1.48. The van der Waals surface area contributed by atoms with Gasteiger partial charge in [0.1, 0.15) is 5.00 Å². The molecule has 1 N–H and O–H groups in total. The maximum Gasteiger partial charge on any atom is 0.237 e. The van der Waals surface area contributed by atoms with Crippen molar-refractivity contribution in [2.75, 3.05) is 4.72 Å². The standard InChI is InChI=1S/C9H9N3O2S2/c13-16(14,11-9-6-10-12-15-9)7-8-4-2-1-3-5-8/h1-6,11H,7H2. The molecule has 0 radical (unpaired) electrons. The highest BCUT2D eigenvalue weighted by atomic mass is 32.2. The lowest BCUT2D eigenvalue weighted by atomic mass is 10.2. The third-order valence-electron chi connectivity index (χ3n) is 1.82. The Morgan fingerprint density at radius 3 is 2.62 bits per heavy atom. The summed E-state index contributed by atoms with van der Waals surface area (Å²) in [7, 11) is -3.38. The Morgan fingerprint density at radius 2 is 2.00 bits per heavy atom. The molecule has 0 unspecified atom stereocenters. The van der Waals surface area contributed by atoms with Gasteiger partial charge in [-0.25, -0.2) is 8.42 Å². The van der Waals surface area contributed by atoms with E-state index in [1.165, 1.54) is 6.20 Å². The molecular formula is C9H9N3O2S2. The molecule has 7 heteroatoms. The van der Waals surface area contributed by atoms with Crippen molar-refractivity contribution in [3.63, 3.8) is 0 Å². The van der Waals surface area contributed by atoms with Gasteiger partial charge in [-0.3, -0.25) is 4.72 Å². The van der Waals surface area contributed by atoms with Crippen LogP contribution in [0, 0.1) is 0 Å². The minimum atomic E-state index is -3.38. The second-order valence-electron chi connectivity index (χ2n) is 3.13. The molecule has 1 aromatic heterocycles. The number of hydrogen-bond donors (Lipinski definition) is 1. The zero-order valence-electron chi connectivity index (χ0n) is 8.20. The first-order chi connectivity index (χ1) is 7.66. The molecule has 2 rings (SSSR count). The molecule has 0 spiro atoms. The Balaban J connectivity index is 2.09. The highest BCUT2D eigenvalue weighted by Gasteiger charge is 2.12. The van der Waals surface area contributed by atoms with Crippen LogP contribution < -0.4 is 4.72 Å². The van der Waals surface area contributed by atoms with Crippen LogP contribution in [0.4, 0.5) is 5.00 Å². The van der Waals surface area contributed by atoms with Gasteiger partial charge < -0.3 is 0 Å². The van der Waals surface area contributed by atoms with Crippen molar-refractivity contribution in [3.05, 3.63) is 42.1 Å². The molecule has 0 aliphatic rings. The lowest BCUT2D eigenvalue weighted by Gasteiger charge is -2.04. The lowest BCUT2D eigenvalue weighted by Crippen LogP contribution is -2.14. The van der Waals surface area contributed by atoms with Crippen LogP contribution in [0.25, 0.3) is 0 Å². The maximum absolute atomic E-state index is 11.7. The fourth-order valence-corrected chi connectivity index (χ4v) is 3.06. The van der Waals surface area contributed by atoms with Gasteiger partial charge in [-0.15, -0.1) is 5.10 Å². The number of rotatable bonds is 4. The van der Waals surface area contributed by atoms with E-state index in [4.69, 9.17) is 0 Å². The fourth-order valence-electron chi connectivity index (χ4n) is 1.20. The zero-order valence-corrected chi connectivity index (χ0v) is 9.83. The van der Waals surface area contributed by atoms with Crippen molar-refractivity contribution >= 4 is 26.6 Å². The normalized spacial score (nSPS) is 11.2. The summed E-state index contributed by atoms with van der Waals surface area (Å²) >= 11 is 1.01. The predicted molar refractivity (Wildman–Crippen MR) is 62.6 cm³/mol. The Labute approximate surface area is 97.4 Å². The van der Waals surface area contributed by atoms with E-state index in [-0.39, 0.29) is 5.75 Å². The number of aromatic nitrogens is 2. The van der Waals surface area contributed by atoms with Crippen molar-refractivity contribution in [2.45, 2.75) is 5.75 Å². The molecule has 0 bridgehead atoms. The molecule has 0 atom stereocenters. The van der Waals surface area contributed by atoms with Crippen LogP contribution >= 0.6 is 11.5 Å². The van der Waals surface area contributed by atoms with Crippen LogP contribution in [0.2, 0.25) is 0 Å². The van der Waals surface area contributed by atoms with E-state index in [0.29, 0.717) is 5.00 Å². The van der Waals surface area contributed by atoms with E-state index in [9.17, 15) is 8.42 Å². The number of sulfonamides is 1. The van der Waals surface area contributed by atoms with Gasteiger partial charge in [-0.05, 0) is 5.56 Å². The molecule has 0 saturated heterocycles. The van der Waals surface area contributed by atoms with E-state index in [1.54, 1.807) is 24.3 Å². The molecule has 84 valence electrons. The second kappa shape index (κ2) is 4.58. The Morgan fingerprint density at radius 1 is 1.25 bits per heavy atom. The van der Waals surface area contributed by atoms with Crippen LogP contribution in [-0.4, -0.2) is 18.0 Å². The largest absolute Gasteiger partial charge is 0.271 e. The van der Waals surface area contributed by atoms with Crippen molar-refractivity contribution in [3.8, 4) is 0 Å². The third-order valence-corrected chi connectivity index (χ3v) is 3.77. The van der Waals surface area contributed by atoms with E-state index < -0.39 is 10.0 Å². The summed E-state index contributed by atoms with van der Waals surface area (Å²) in [5.74, 6) is -0.0499. The van der Waals surface area contributed by atoms with Gasteiger partial charge in [0.25, 0.3) is 0 Å². The molecule has 5 nitrogen and oxygen atoms in total. The van der Waals surface area contributed by atoms with Crippen LogP contribution in [-0.2, 0) is 15.8 Å². The molecule has 1 heterocycles. The van der Waals surface area contributed by atoms with Gasteiger partial charge in [0.15, 0.2) is 0 Å². The lowest BCUT2D eigenvalue weighted by molar-refractivity contribution is 0.600. The van der Waals surface area contributed by atoms with Gasteiger partial charge in [-0.2, -0.15) is 0 Å². The first-order valence-corrected chi connectivity index (χ1v) is 6.90. The van der Waals surface area contributed by atoms with Gasteiger partial charge in [0.2, 0.25) is 10.0 Å². The van der Waals surface area contributed by atoms with Crippen LogP contribution in [0.15, 0.2) is 36.5 Å². The molecule has 1 aromatic carbocycles. The van der Waals surface area contributed by atoms with Gasteiger partial charge in [-0.1, -0.05) is 34.8 Å². The molecule has 0 aliphatic heterocycles. The highest BCUT2D eigenvalue weighted by molar-refractivity contribution is 7.92. The van der Waals surface area contributed by atoms with Crippen molar-refractivity contribution in [2.24, 2.45) is 0 Å². The molecule has 0 fully saturated rings. The summed E-state index contributed by atoms with van der Waals surface area (Å²) in [6.45, 7) is 0. The van der Waals surface area contributed by atoms with Crippen molar-refractivity contribution in [1.82, 2.24) is 9.59 Å². The molecular weight excluding hydrogens is 246 g/mol. The summed E-state index contributed by atoms with van der Waals surface area (Å²) in [5.41, 5.74) is 0.743. The minimum absolute atomic E-state index is 0.0499. The monoisotopic (exact) mass is 255 g/mol. The zero-order chi connectivity index (χ0) is 11.4. The van der Waals surface area contributed by atoms with E-state index in [2.05, 4.69) is 14.3 Å². The maximum atomic E-state index is 11.7. The van der Waals surface area contributed by atoms with E-state index in [0.717, 1.165) is 17.1 Å². The Bertz CT molecular complexity index is 537. The van der Waals surface area contributed by atoms with Crippen LogP contribution in [0.1, 0.15) is 5.56 Å². The van der Waals surface area contributed by atoms with Crippen molar-refractivity contribution in [1.29, 1.82) is 0 Å². The quantitative estimate of drug-likeness (QED) is 0.898. The second-order valence-corrected chi connectivity index (χ2v) is 5.64. The smallest absolute Gasteiger partial charge is 0.237 e. The first kappa shape index (κ1) is 11.0. The van der Waals surface area contributed by atoms with Crippen LogP contribution in [0.5, 0.6) is 0 Å². The molecule has 0 aliphatic carbocycles. The van der Waals surface area contributed by atoms with Crippen molar-refractivity contribution < 1.29 is 8.42 Å². The summed E-state index contributed by atoms with van der Waals surface area (Å²) in [5, 5.41) is 3.98. The number of hydrogen-bond acceptors (Lipinski definition) is 5. The van der Waals surface area contributed by atoms with Crippen LogP contribution in [0.3, 0.4) is 0 Å². The Hall–Kier alpha value is -1.47. The summed E-state index contributed by atoms with van der Waals surface area (Å²) in [6.07, 6.45) is 1.38. The summed E-state index contributed by atoms with van der Waals surface area (Å²) in [6, 6.07) is 8.99. The Kier molecular flexibility index (Phi) is 3.16. The van der Waals surface area contributed by atoms with E-state index in [1.807, 2.05) is 6.07 Å². The fraction of sp³-hybridized carbons (Fsp3) is 0.111. The number of nitrogens with one attached hydrogen (secondary N) is 1.